The predicted molar refractivity (Wildman–Crippen MR) is 101 cm³/mol. The molecule has 6 nitrogen and oxygen atoms in total. The van der Waals surface area contributed by atoms with E-state index in [4.69, 9.17) is 14.5 Å². The van der Waals surface area contributed by atoms with E-state index in [2.05, 4.69) is 43.2 Å². The number of guanidine groups is 1. The molecule has 2 N–H and O–H groups in total. The summed E-state index contributed by atoms with van der Waals surface area (Å²) in [7, 11) is 0. The van der Waals surface area contributed by atoms with Gasteiger partial charge in [-0.1, -0.05) is 13.3 Å². The van der Waals surface area contributed by atoms with Crippen LogP contribution < -0.4 is 10.6 Å². The molecule has 1 fully saturated rings. The van der Waals surface area contributed by atoms with E-state index in [0.29, 0.717) is 0 Å². The third-order valence-corrected chi connectivity index (χ3v) is 4.24. The van der Waals surface area contributed by atoms with Crippen LogP contribution in [0.25, 0.3) is 0 Å². The van der Waals surface area contributed by atoms with Gasteiger partial charge in [-0.15, -0.1) is 0 Å². The van der Waals surface area contributed by atoms with Crippen LogP contribution in [0, 0.1) is 0 Å². The lowest BCUT2D eigenvalue weighted by Crippen LogP contribution is -2.52. The van der Waals surface area contributed by atoms with Gasteiger partial charge in [-0.2, -0.15) is 0 Å². The molecular formula is C18H38N4O2. The topological polar surface area (TPSA) is 58.1 Å². The molecule has 1 saturated heterocycles. The molecule has 0 bridgehead atoms. The van der Waals surface area contributed by atoms with Crippen LogP contribution in [0.5, 0.6) is 0 Å². The average Bonchev–Trinajstić information content (AvgIpc) is 2.59. The number of rotatable bonds is 11. The van der Waals surface area contributed by atoms with E-state index >= 15 is 0 Å². The second kappa shape index (κ2) is 12.5. The first-order valence-electron chi connectivity index (χ1n) is 9.53. The number of hydrogen-bond donors (Lipinski definition) is 2. The second-order valence-corrected chi connectivity index (χ2v) is 6.85. The molecule has 0 aromatic rings. The van der Waals surface area contributed by atoms with Gasteiger partial charge in [-0.25, -0.2) is 0 Å². The zero-order valence-corrected chi connectivity index (χ0v) is 16.2. The quantitative estimate of drug-likeness (QED) is 0.341. The lowest BCUT2D eigenvalue weighted by molar-refractivity contribution is -0.00683. The standard InChI is InChI=1S/C18H38N4O2/c1-5-7-12-23-13-8-9-20-17(19-6-2)21-16-18(3,4)22-10-14-24-15-11-22/h5-16H2,1-4H3,(H2,19,20,21). The van der Waals surface area contributed by atoms with E-state index in [9.17, 15) is 0 Å². The monoisotopic (exact) mass is 342 g/mol. The molecule has 0 amide bonds. The van der Waals surface area contributed by atoms with Crippen LogP contribution in [0.15, 0.2) is 4.99 Å². The van der Waals surface area contributed by atoms with Crippen molar-refractivity contribution in [3.05, 3.63) is 0 Å². The maximum atomic E-state index is 5.59. The van der Waals surface area contributed by atoms with E-state index in [0.717, 1.165) is 78.0 Å². The van der Waals surface area contributed by atoms with E-state index in [-0.39, 0.29) is 5.54 Å². The van der Waals surface area contributed by atoms with Crippen molar-refractivity contribution in [3.63, 3.8) is 0 Å². The Bertz CT molecular complexity index is 342. The zero-order valence-electron chi connectivity index (χ0n) is 16.2. The van der Waals surface area contributed by atoms with Crippen molar-refractivity contribution in [2.45, 2.75) is 52.5 Å². The summed E-state index contributed by atoms with van der Waals surface area (Å²) in [6.07, 6.45) is 3.34. The van der Waals surface area contributed by atoms with Crippen molar-refractivity contribution in [2.24, 2.45) is 4.99 Å². The van der Waals surface area contributed by atoms with Crippen LogP contribution in [0.2, 0.25) is 0 Å². The molecule has 0 atom stereocenters. The molecule has 1 heterocycles. The van der Waals surface area contributed by atoms with Gasteiger partial charge in [0.1, 0.15) is 0 Å². The molecule has 0 aromatic heterocycles. The summed E-state index contributed by atoms with van der Waals surface area (Å²) in [5.74, 6) is 0.896. The fourth-order valence-corrected chi connectivity index (χ4v) is 2.61. The van der Waals surface area contributed by atoms with Crippen molar-refractivity contribution in [1.29, 1.82) is 0 Å². The number of nitrogens with one attached hydrogen (secondary N) is 2. The summed E-state index contributed by atoms with van der Waals surface area (Å²) in [6, 6.07) is 0. The summed E-state index contributed by atoms with van der Waals surface area (Å²) in [6.45, 7) is 16.6. The molecule has 1 aliphatic rings. The first kappa shape index (κ1) is 21.2. The highest BCUT2D eigenvalue weighted by atomic mass is 16.5. The Balaban J connectivity index is 2.32. The molecular weight excluding hydrogens is 304 g/mol. The Labute approximate surface area is 148 Å². The number of nitrogens with zero attached hydrogens (tertiary/aromatic N) is 2. The Morgan fingerprint density at radius 2 is 1.83 bits per heavy atom. The van der Waals surface area contributed by atoms with Gasteiger partial charge in [-0.05, 0) is 33.6 Å². The molecule has 1 aliphatic heterocycles. The van der Waals surface area contributed by atoms with Gasteiger partial charge in [0, 0.05) is 44.9 Å². The molecule has 0 saturated carbocycles. The van der Waals surface area contributed by atoms with E-state index in [1.807, 2.05) is 0 Å². The number of hydrogen-bond acceptors (Lipinski definition) is 4. The van der Waals surface area contributed by atoms with Crippen molar-refractivity contribution >= 4 is 5.96 Å². The number of unbranched alkanes of at least 4 members (excludes halogenated alkanes) is 1. The van der Waals surface area contributed by atoms with Crippen LogP contribution in [0.3, 0.4) is 0 Å². The number of morpholine rings is 1. The minimum absolute atomic E-state index is 0.0510. The Morgan fingerprint density at radius 1 is 1.12 bits per heavy atom. The van der Waals surface area contributed by atoms with Gasteiger partial charge in [0.25, 0.3) is 0 Å². The fourth-order valence-electron chi connectivity index (χ4n) is 2.61. The van der Waals surface area contributed by atoms with Gasteiger partial charge in [0.2, 0.25) is 0 Å². The minimum Gasteiger partial charge on any atom is -0.381 e. The smallest absolute Gasteiger partial charge is 0.191 e. The summed E-state index contributed by atoms with van der Waals surface area (Å²) < 4.78 is 11.0. The molecule has 0 spiro atoms. The Kier molecular flexibility index (Phi) is 11.0. The maximum absolute atomic E-state index is 5.59. The lowest BCUT2D eigenvalue weighted by atomic mass is 10.0. The molecule has 142 valence electrons. The number of ether oxygens (including phenoxy) is 2. The summed E-state index contributed by atoms with van der Waals surface area (Å²) in [5.41, 5.74) is 0.0510. The third-order valence-electron chi connectivity index (χ3n) is 4.24. The van der Waals surface area contributed by atoms with Gasteiger partial charge in [-0.3, -0.25) is 9.89 Å². The Morgan fingerprint density at radius 3 is 2.50 bits per heavy atom. The highest BCUT2D eigenvalue weighted by molar-refractivity contribution is 5.79. The molecule has 0 aliphatic carbocycles. The molecule has 6 heteroatoms. The van der Waals surface area contributed by atoms with Crippen molar-refractivity contribution < 1.29 is 9.47 Å². The van der Waals surface area contributed by atoms with Gasteiger partial charge in [0.05, 0.1) is 19.8 Å². The predicted octanol–water partition coefficient (Wildman–Crippen LogP) is 1.86. The van der Waals surface area contributed by atoms with Crippen molar-refractivity contribution in [1.82, 2.24) is 15.5 Å². The molecule has 1 rings (SSSR count). The first-order valence-corrected chi connectivity index (χ1v) is 9.53. The molecule has 0 radical (unpaired) electrons. The van der Waals surface area contributed by atoms with Crippen LogP contribution >= 0.6 is 0 Å². The molecule has 0 aromatic carbocycles. The minimum atomic E-state index is 0.0510. The zero-order chi connectivity index (χ0) is 17.7. The fraction of sp³-hybridized carbons (Fsp3) is 0.944. The van der Waals surface area contributed by atoms with Crippen LogP contribution in [0.1, 0.15) is 47.0 Å². The highest BCUT2D eigenvalue weighted by Crippen LogP contribution is 2.16. The number of aliphatic imine (C=N–C) groups is 1. The Hall–Kier alpha value is -0.850. The third kappa shape index (κ3) is 8.85. The second-order valence-electron chi connectivity index (χ2n) is 6.85. The summed E-state index contributed by atoms with van der Waals surface area (Å²) in [5, 5.41) is 6.73. The van der Waals surface area contributed by atoms with Gasteiger partial charge in [0.15, 0.2) is 5.96 Å². The first-order chi connectivity index (χ1) is 11.6. The van der Waals surface area contributed by atoms with Crippen LogP contribution in [0.4, 0.5) is 0 Å². The van der Waals surface area contributed by atoms with Gasteiger partial charge >= 0.3 is 0 Å². The van der Waals surface area contributed by atoms with Crippen LogP contribution in [-0.4, -0.2) is 75.5 Å². The highest BCUT2D eigenvalue weighted by Gasteiger charge is 2.27. The summed E-state index contributed by atoms with van der Waals surface area (Å²) in [4.78, 5) is 7.24. The largest absolute Gasteiger partial charge is 0.381 e. The SMILES string of the molecule is CCCCOCCCNC(=NCC(C)(C)N1CCOCC1)NCC. The normalized spacial score (nSPS) is 17.1. The van der Waals surface area contributed by atoms with Gasteiger partial charge < -0.3 is 20.1 Å². The summed E-state index contributed by atoms with van der Waals surface area (Å²) >= 11 is 0. The average molecular weight is 343 g/mol. The van der Waals surface area contributed by atoms with E-state index in [1.54, 1.807) is 0 Å². The lowest BCUT2D eigenvalue weighted by Gasteiger charge is -2.39. The molecule has 0 unspecified atom stereocenters. The van der Waals surface area contributed by atoms with Crippen molar-refractivity contribution in [2.75, 3.05) is 59.2 Å². The van der Waals surface area contributed by atoms with Crippen LogP contribution in [-0.2, 0) is 9.47 Å². The maximum Gasteiger partial charge on any atom is 0.191 e. The van der Waals surface area contributed by atoms with Crippen molar-refractivity contribution in [3.8, 4) is 0 Å². The molecule has 24 heavy (non-hydrogen) atoms. The van der Waals surface area contributed by atoms with E-state index < -0.39 is 0 Å². The van der Waals surface area contributed by atoms with E-state index in [1.165, 1.54) is 6.42 Å².